The van der Waals surface area contributed by atoms with Crippen molar-refractivity contribution in [3.05, 3.63) is 12.3 Å². The Labute approximate surface area is 130 Å². The first-order valence-electron chi connectivity index (χ1n) is 8.23. The van der Waals surface area contributed by atoms with E-state index in [1.165, 1.54) is 18.5 Å². The van der Waals surface area contributed by atoms with E-state index < -0.39 is 0 Å². The average Bonchev–Trinajstić information content (AvgIpc) is 2.46. The molecule has 5 heteroatoms. The Hall–Kier alpha value is -1.23. The summed E-state index contributed by atoms with van der Waals surface area (Å²) in [5.74, 6) is 0.179. The van der Waals surface area contributed by atoms with Gasteiger partial charge in [0.15, 0.2) is 5.96 Å². The minimum atomic E-state index is 0.179. The van der Waals surface area contributed by atoms with Crippen LogP contribution >= 0.6 is 0 Å². The Balaban J connectivity index is 4.26. The Morgan fingerprint density at radius 3 is 2.38 bits per heavy atom. The molecule has 0 aliphatic rings. The normalized spacial score (nSPS) is 12.0. The van der Waals surface area contributed by atoms with Crippen LogP contribution in [0.15, 0.2) is 17.3 Å². The number of nitrogens with one attached hydrogen (secondary N) is 1. The third kappa shape index (κ3) is 9.34. The lowest BCUT2D eigenvalue weighted by atomic mass is 10.1. The first kappa shape index (κ1) is 19.8. The fourth-order valence-electron chi connectivity index (χ4n) is 2.38. The zero-order valence-electron chi connectivity index (χ0n) is 14.2. The van der Waals surface area contributed by atoms with Crippen LogP contribution in [0.4, 0.5) is 0 Å². The van der Waals surface area contributed by atoms with Crippen LogP contribution < -0.4 is 16.8 Å². The minimum absolute atomic E-state index is 0.179. The van der Waals surface area contributed by atoms with E-state index >= 15 is 0 Å². The second-order valence-electron chi connectivity index (χ2n) is 5.48. The van der Waals surface area contributed by atoms with Gasteiger partial charge in [0.05, 0.1) is 0 Å². The predicted molar refractivity (Wildman–Crippen MR) is 93.3 cm³/mol. The molecule has 1 atom stereocenters. The van der Waals surface area contributed by atoms with Crippen molar-refractivity contribution in [1.29, 1.82) is 0 Å². The van der Waals surface area contributed by atoms with Crippen LogP contribution in [0.1, 0.15) is 52.4 Å². The highest BCUT2D eigenvalue weighted by Crippen LogP contribution is 2.15. The Morgan fingerprint density at radius 2 is 1.86 bits per heavy atom. The van der Waals surface area contributed by atoms with Gasteiger partial charge in [-0.25, -0.2) is 0 Å². The van der Waals surface area contributed by atoms with E-state index in [0.717, 1.165) is 38.8 Å². The third-order valence-corrected chi connectivity index (χ3v) is 3.63. The summed E-state index contributed by atoms with van der Waals surface area (Å²) in [5.41, 5.74) is 11.9. The summed E-state index contributed by atoms with van der Waals surface area (Å²) in [6.45, 7) is 11.7. The molecule has 0 radical (unpaired) electrons. The number of likely N-dealkylation sites (N-methyl/N-ethyl adjacent to an activating group) is 1. The average molecular weight is 297 g/mol. The van der Waals surface area contributed by atoms with E-state index in [2.05, 4.69) is 35.6 Å². The van der Waals surface area contributed by atoms with Gasteiger partial charge in [-0.05, 0) is 39.2 Å². The van der Waals surface area contributed by atoms with Gasteiger partial charge in [0.25, 0.3) is 0 Å². The molecule has 5 N–H and O–H groups in total. The smallest absolute Gasteiger partial charge is 0.185 e. The molecule has 21 heavy (non-hydrogen) atoms. The van der Waals surface area contributed by atoms with Gasteiger partial charge in [0, 0.05) is 31.4 Å². The second-order valence-corrected chi connectivity index (χ2v) is 5.48. The summed E-state index contributed by atoms with van der Waals surface area (Å²) in [5, 5.41) is 3.39. The molecule has 0 aromatic heterocycles. The van der Waals surface area contributed by atoms with Crippen molar-refractivity contribution in [1.82, 2.24) is 10.2 Å². The van der Waals surface area contributed by atoms with Crippen molar-refractivity contribution in [2.75, 3.05) is 26.7 Å². The number of nitrogens with two attached hydrogens (primary N) is 2. The Kier molecular flexibility index (Phi) is 11.8. The lowest BCUT2D eigenvalue weighted by molar-refractivity contribution is 0.302. The summed E-state index contributed by atoms with van der Waals surface area (Å²) < 4.78 is 0. The van der Waals surface area contributed by atoms with Crippen LogP contribution in [0.2, 0.25) is 0 Å². The summed E-state index contributed by atoms with van der Waals surface area (Å²) >= 11 is 0. The highest BCUT2D eigenvalue weighted by molar-refractivity contribution is 5.75. The highest BCUT2D eigenvalue weighted by Gasteiger charge is 2.15. The fraction of sp³-hybridized carbons (Fsp3) is 0.812. The van der Waals surface area contributed by atoms with E-state index in [1.807, 2.05) is 7.05 Å². The van der Waals surface area contributed by atoms with Gasteiger partial charge in [0.1, 0.15) is 0 Å². The van der Waals surface area contributed by atoms with E-state index in [0.29, 0.717) is 12.6 Å². The molecule has 0 fully saturated rings. The summed E-state index contributed by atoms with van der Waals surface area (Å²) in [7, 11) is 2.01. The van der Waals surface area contributed by atoms with Crippen LogP contribution in [0, 0.1) is 0 Å². The maximum Gasteiger partial charge on any atom is 0.185 e. The van der Waals surface area contributed by atoms with Crippen LogP contribution in [0.5, 0.6) is 0 Å². The SMILES string of the molecule is C=C(C(CCCCN=C(N)N)NC)N(CCC)CCCC. The van der Waals surface area contributed by atoms with Gasteiger partial charge < -0.3 is 21.7 Å². The van der Waals surface area contributed by atoms with Gasteiger partial charge in [-0.1, -0.05) is 26.8 Å². The molecule has 124 valence electrons. The van der Waals surface area contributed by atoms with Crippen LogP contribution in [0.3, 0.4) is 0 Å². The number of hydrogen-bond donors (Lipinski definition) is 3. The Bertz CT molecular complexity index is 297. The van der Waals surface area contributed by atoms with Gasteiger partial charge in [0.2, 0.25) is 0 Å². The molecule has 0 saturated carbocycles. The van der Waals surface area contributed by atoms with E-state index in [1.54, 1.807) is 0 Å². The largest absolute Gasteiger partial charge is 0.374 e. The molecule has 1 unspecified atom stereocenters. The summed E-state index contributed by atoms with van der Waals surface area (Å²) in [6, 6.07) is 0.340. The second kappa shape index (κ2) is 12.5. The molecule has 0 saturated heterocycles. The van der Waals surface area contributed by atoms with Crippen LogP contribution in [-0.4, -0.2) is 43.6 Å². The van der Waals surface area contributed by atoms with Crippen molar-refractivity contribution >= 4 is 5.96 Å². The summed E-state index contributed by atoms with van der Waals surface area (Å²) in [4.78, 5) is 6.45. The molecule has 0 aliphatic carbocycles. The first-order valence-corrected chi connectivity index (χ1v) is 8.23. The molecule has 0 amide bonds. The van der Waals surface area contributed by atoms with Crippen molar-refractivity contribution in [3.8, 4) is 0 Å². The van der Waals surface area contributed by atoms with Crippen LogP contribution in [0.25, 0.3) is 0 Å². The number of rotatable bonds is 13. The number of guanidine groups is 1. The number of aliphatic imine (C=N–C) groups is 1. The fourth-order valence-corrected chi connectivity index (χ4v) is 2.38. The zero-order valence-corrected chi connectivity index (χ0v) is 14.2. The zero-order chi connectivity index (χ0) is 16.1. The topological polar surface area (TPSA) is 79.7 Å². The van der Waals surface area contributed by atoms with Gasteiger partial charge >= 0.3 is 0 Å². The van der Waals surface area contributed by atoms with E-state index in [4.69, 9.17) is 11.5 Å². The molecule has 0 bridgehead atoms. The maximum atomic E-state index is 5.32. The molecule has 5 nitrogen and oxygen atoms in total. The predicted octanol–water partition coefficient (Wildman–Crippen LogP) is 2.04. The van der Waals surface area contributed by atoms with E-state index in [9.17, 15) is 0 Å². The highest BCUT2D eigenvalue weighted by atomic mass is 15.2. The van der Waals surface area contributed by atoms with Gasteiger partial charge in [-0.2, -0.15) is 0 Å². The maximum absolute atomic E-state index is 5.32. The molecule has 0 aromatic rings. The lowest BCUT2D eigenvalue weighted by Crippen LogP contribution is -2.37. The molecule has 0 aliphatic heterocycles. The molecule has 0 spiro atoms. The van der Waals surface area contributed by atoms with Crippen molar-refractivity contribution < 1.29 is 0 Å². The number of nitrogens with zero attached hydrogens (tertiary/aromatic N) is 2. The monoisotopic (exact) mass is 297 g/mol. The quantitative estimate of drug-likeness (QED) is 0.276. The molecule has 0 heterocycles. The standard InChI is InChI=1S/C16H35N5/c1-5-7-13-21(12-6-2)14(3)15(19-4)10-8-9-11-20-16(17)18/h15,19H,3,5-13H2,1-2,4H3,(H4,17,18,20). The molecule has 0 rings (SSSR count). The van der Waals surface area contributed by atoms with E-state index in [-0.39, 0.29) is 5.96 Å². The van der Waals surface area contributed by atoms with Gasteiger partial charge in [-0.15, -0.1) is 0 Å². The van der Waals surface area contributed by atoms with Gasteiger partial charge in [-0.3, -0.25) is 4.99 Å². The summed E-state index contributed by atoms with van der Waals surface area (Å²) in [6.07, 6.45) is 6.77. The molecular formula is C16H35N5. The molecular weight excluding hydrogens is 262 g/mol. The minimum Gasteiger partial charge on any atom is -0.374 e. The van der Waals surface area contributed by atoms with Crippen molar-refractivity contribution in [3.63, 3.8) is 0 Å². The lowest BCUT2D eigenvalue weighted by Gasteiger charge is -2.31. The number of hydrogen-bond acceptors (Lipinski definition) is 3. The molecule has 0 aromatic carbocycles. The third-order valence-electron chi connectivity index (χ3n) is 3.63. The number of unbranched alkanes of at least 4 members (excludes halogenated alkanes) is 2. The van der Waals surface area contributed by atoms with Crippen LogP contribution in [-0.2, 0) is 0 Å². The van der Waals surface area contributed by atoms with Crippen molar-refractivity contribution in [2.24, 2.45) is 16.5 Å². The first-order chi connectivity index (χ1) is 10.1. The Morgan fingerprint density at radius 1 is 1.14 bits per heavy atom. The van der Waals surface area contributed by atoms with Crippen molar-refractivity contribution in [2.45, 2.75) is 58.4 Å².